The number of halogens is 1. The van der Waals surface area contributed by atoms with Crippen LogP contribution in [-0.2, 0) is 16.0 Å². The van der Waals surface area contributed by atoms with Gasteiger partial charge in [-0.3, -0.25) is 4.79 Å². The molecule has 1 amide bonds. The van der Waals surface area contributed by atoms with Crippen molar-refractivity contribution in [1.82, 2.24) is 5.32 Å². The van der Waals surface area contributed by atoms with Gasteiger partial charge in [0.15, 0.2) is 0 Å². The van der Waals surface area contributed by atoms with Gasteiger partial charge < -0.3 is 10.1 Å². The lowest BCUT2D eigenvalue weighted by molar-refractivity contribution is -0.121. The Bertz CT molecular complexity index is 428. The van der Waals surface area contributed by atoms with Crippen molar-refractivity contribution in [3.05, 3.63) is 33.8 Å². The molecule has 1 fully saturated rings. The lowest BCUT2D eigenvalue weighted by Gasteiger charge is -2.11. The maximum atomic E-state index is 11.8. The van der Waals surface area contributed by atoms with Crippen LogP contribution in [0.1, 0.15) is 24.0 Å². The van der Waals surface area contributed by atoms with Gasteiger partial charge in [-0.2, -0.15) is 0 Å². The third kappa shape index (κ3) is 3.82. The van der Waals surface area contributed by atoms with Crippen LogP contribution in [0.15, 0.2) is 22.7 Å². The molecule has 2 rings (SSSR count). The topological polar surface area (TPSA) is 38.3 Å². The van der Waals surface area contributed by atoms with Crippen LogP contribution >= 0.6 is 15.9 Å². The average Bonchev–Trinajstić information content (AvgIpc) is 2.83. The highest BCUT2D eigenvalue weighted by Gasteiger charge is 2.17. The second-order valence-corrected chi connectivity index (χ2v) is 5.61. The predicted octanol–water partition coefficient (Wildman–Crippen LogP) is 2.60. The van der Waals surface area contributed by atoms with Gasteiger partial charge in [0.2, 0.25) is 5.91 Å². The third-order valence-electron chi connectivity index (χ3n) is 3.23. The molecule has 0 saturated carbocycles. The van der Waals surface area contributed by atoms with Crippen LogP contribution in [0, 0.1) is 6.92 Å². The molecule has 0 aromatic heterocycles. The summed E-state index contributed by atoms with van der Waals surface area (Å²) in [6.45, 7) is 3.49. The number of carbonyl (C=O) groups is 1. The van der Waals surface area contributed by atoms with Crippen LogP contribution in [0.2, 0.25) is 0 Å². The number of nitrogens with one attached hydrogen (secondary N) is 1. The minimum Gasteiger partial charge on any atom is -0.379 e. The smallest absolute Gasteiger partial charge is 0.220 e. The zero-order valence-electron chi connectivity index (χ0n) is 10.5. The van der Waals surface area contributed by atoms with Gasteiger partial charge >= 0.3 is 0 Å². The Hall–Kier alpha value is -0.870. The Morgan fingerprint density at radius 2 is 2.39 bits per heavy atom. The summed E-state index contributed by atoms with van der Waals surface area (Å²) in [4.78, 5) is 11.8. The summed E-state index contributed by atoms with van der Waals surface area (Å²) >= 11 is 3.46. The molecule has 0 radical (unpaired) electrons. The summed E-state index contributed by atoms with van der Waals surface area (Å²) in [5.41, 5.74) is 2.46. The fourth-order valence-corrected chi connectivity index (χ4v) is 2.51. The SMILES string of the molecule is Cc1ccc(Br)cc1CCC(=O)NC1CCOC1. The first-order valence-corrected chi connectivity index (χ1v) is 7.06. The number of ether oxygens (including phenoxy) is 1. The van der Waals surface area contributed by atoms with E-state index in [1.165, 1.54) is 11.1 Å². The fraction of sp³-hybridized carbons (Fsp3) is 0.500. The molecule has 0 spiro atoms. The number of hydrogen-bond acceptors (Lipinski definition) is 2. The monoisotopic (exact) mass is 311 g/mol. The molecule has 0 bridgehead atoms. The lowest BCUT2D eigenvalue weighted by Crippen LogP contribution is -2.35. The van der Waals surface area contributed by atoms with E-state index in [0.29, 0.717) is 13.0 Å². The van der Waals surface area contributed by atoms with Crippen LogP contribution in [-0.4, -0.2) is 25.2 Å². The molecule has 1 aliphatic heterocycles. The maximum Gasteiger partial charge on any atom is 0.220 e. The van der Waals surface area contributed by atoms with Crippen LogP contribution in [0.4, 0.5) is 0 Å². The first kappa shape index (κ1) is 13.6. The third-order valence-corrected chi connectivity index (χ3v) is 3.72. The van der Waals surface area contributed by atoms with Crippen molar-refractivity contribution >= 4 is 21.8 Å². The maximum absolute atomic E-state index is 11.8. The molecule has 1 aliphatic rings. The van der Waals surface area contributed by atoms with E-state index < -0.39 is 0 Å². The zero-order valence-corrected chi connectivity index (χ0v) is 12.1. The van der Waals surface area contributed by atoms with Gasteiger partial charge in [-0.05, 0) is 43.0 Å². The van der Waals surface area contributed by atoms with Crippen molar-refractivity contribution in [1.29, 1.82) is 0 Å². The van der Waals surface area contributed by atoms with Crippen LogP contribution < -0.4 is 5.32 Å². The van der Waals surface area contributed by atoms with Crippen molar-refractivity contribution < 1.29 is 9.53 Å². The largest absolute Gasteiger partial charge is 0.379 e. The van der Waals surface area contributed by atoms with E-state index in [9.17, 15) is 4.79 Å². The van der Waals surface area contributed by atoms with E-state index in [0.717, 1.165) is 23.9 Å². The van der Waals surface area contributed by atoms with Gasteiger partial charge in [-0.25, -0.2) is 0 Å². The molecule has 4 heteroatoms. The summed E-state index contributed by atoms with van der Waals surface area (Å²) < 4.78 is 6.30. The highest BCUT2D eigenvalue weighted by atomic mass is 79.9. The van der Waals surface area contributed by atoms with Crippen LogP contribution in [0.5, 0.6) is 0 Å². The molecule has 1 N–H and O–H groups in total. The Morgan fingerprint density at radius 3 is 3.11 bits per heavy atom. The molecule has 0 aliphatic carbocycles. The molecule has 3 nitrogen and oxygen atoms in total. The highest BCUT2D eigenvalue weighted by molar-refractivity contribution is 9.10. The first-order chi connectivity index (χ1) is 8.65. The van der Waals surface area contributed by atoms with Crippen molar-refractivity contribution in [2.45, 2.75) is 32.2 Å². The predicted molar refractivity (Wildman–Crippen MR) is 74.6 cm³/mol. The molecule has 18 heavy (non-hydrogen) atoms. The summed E-state index contributed by atoms with van der Waals surface area (Å²) in [5, 5.41) is 3.01. The first-order valence-electron chi connectivity index (χ1n) is 6.27. The van der Waals surface area contributed by atoms with Gasteiger partial charge in [0, 0.05) is 17.5 Å². The number of carbonyl (C=O) groups excluding carboxylic acids is 1. The van der Waals surface area contributed by atoms with Crippen molar-refractivity contribution in [2.75, 3.05) is 13.2 Å². The van der Waals surface area contributed by atoms with Gasteiger partial charge in [-0.15, -0.1) is 0 Å². The van der Waals surface area contributed by atoms with E-state index in [1.807, 2.05) is 6.07 Å². The molecule has 1 saturated heterocycles. The van der Waals surface area contributed by atoms with Crippen molar-refractivity contribution in [3.63, 3.8) is 0 Å². The minimum absolute atomic E-state index is 0.116. The van der Waals surface area contributed by atoms with Gasteiger partial charge in [0.25, 0.3) is 0 Å². The number of hydrogen-bond donors (Lipinski definition) is 1. The minimum atomic E-state index is 0.116. The van der Waals surface area contributed by atoms with E-state index in [-0.39, 0.29) is 11.9 Å². The van der Waals surface area contributed by atoms with Crippen molar-refractivity contribution in [2.24, 2.45) is 0 Å². The Morgan fingerprint density at radius 1 is 1.56 bits per heavy atom. The molecule has 1 aromatic rings. The highest BCUT2D eigenvalue weighted by Crippen LogP contribution is 2.17. The summed E-state index contributed by atoms with van der Waals surface area (Å²) in [7, 11) is 0. The fourth-order valence-electron chi connectivity index (χ4n) is 2.11. The van der Waals surface area contributed by atoms with E-state index in [4.69, 9.17) is 4.74 Å². The lowest BCUT2D eigenvalue weighted by atomic mass is 10.0. The Labute approximate surface area is 116 Å². The number of aryl methyl sites for hydroxylation is 2. The van der Waals surface area contributed by atoms with Crippen molar-refractivity contribution in [3.8, 4) is 0 Å². The Kier molecular flexibility index (Phi) is 4.78. The van der Waals surface area contributed by atoms with Gasteiger partial charge in [0.05, 0.1) is 12.6 Å². The molecular formula is C14H18BrNO2. The second kappa shape index (κ2) is 6.34. The Balaban J connectivity index is 1.83. The summed E-state index contributed by atoms with van der Waals surface area (Å²) in [6.07, 6.45) is 2.25. The van der Waals surface area contributed by atoms with E-state index in [1.54, 1.807) is 0 Å². The van der Waals surface area contributed by atoms with Crippen LogP contribution in [0.25, 0.3) is 0 Å². The second-order valence-electron chi connectivity index (χ2n) is 4.70. The molecule has 1 heterocycles. The van der Waals surface area contributed by atoms with Gasteiger partial charge in [0.1, 0.15) is 0 Å². The molecule has 98 valence electrons. The van der Waals surface area contributed by atoms with Gasteiger partial charge in [-0.1, -0.05) is 22.0 Å². The number of amides is 1. The van der Waals surface area contributed by atoms with E-state index >= 15 is 0 Å². The molecular weight excluding hydrogens is 294 g/mol. The normalized spacial score (nSPS) is 18.9. The summed E-state index contributed by atoms with van der Waals surface area (Å²) in [5.74, 6) is 0.116. The van der Waals surface area contributed by atoms with Crippen LogP contribution in [0.3, 0.4) is 0 Å². The average molecular weight is 312 g/mol. The molecule has 1 aromatic carbocycles. The number of rotatable bonds is 4. The quantitative estimate of drug-likeness (QED) is 0.928. The zero-order chi connectivity index (χ0) is 13.0. The standard InChI is InChI=1S/C14H18BrNO2/c1-10-2-4-12(15)8-11(10)3-5-14(17)16-13-6-7-18-9-13/h2,4,8,13H,3,5-7,9H2,1H3,(H,16,17). The number of benzene rings is 1. The molecule has 1 atom stereocenters. The van der Waals surface area contributed by atoms with E-state index in [2.05, 4.69) is 40.3 Å². The summed E-state index contributed by atoms with van der Waals surface area (Å²) in [6, 6.07) is 6.39. The molecule has 1 unspecified atom stereocenters.